The van der Waals surface area contributed by atoms with E-state index in [1.54, 1.807) is 0 Å². The van der Waals surface area contributed by atoms with Crippen molar-refractivity contribution in [3.05, 3.63) is 48.0 Å². The number of imidazole rings is 1. The smallest absolute Gasteiger partial charge is 0.326 e. The van der Waals surface area contributed by atoms with Gasteiger partial charge in [0.2, 0.25) is 23.6 Å². The average Bonchev–Trinajstić information content (AvgIpc) is 3.51. The summed E-state index contributed by atoms with van der Waals surface area (Å²) in [5, 5.41) is 37.8. The topological polar surface area (TPSA) is 292 Å². The zero-order chi connectivity index (χ0) is 33.4. The Morgan fingerprint density at radius 1 is 0.844 bits per heavy atom. The first-order chi connectivity index (χ1) is 21.4. The highest BCUT2D eigenvalue weighted by atomic mass is 16.4. The number of carbonyl (C=O) groups is 6. The molecule has 4 atom stereocenters. The Kier molecular flexibility index (Phi) is 14.9. The maximum absolute atomic E-state index is 13.5. The first-order valence-corrected chi connectivity index (χ1v) is 14.2. The number of nitrogens with one attached hydrogen (secondary N) is 5. The van der Waals surface area contributed by atoms with E-state index in [1.807, 2.05) is 0 Å². The zero-order valence-corrected chi connectivity index (χ0v) is 24.5. The van der Waals surface area contributed by atoms with Crippen LogP contribution in [-0.2, 0) is 41.6 Å². The highest BCUT2D eigenvalue weighted by Crippen LogP contribution is 2.12. The van der Waals surface area contributed by atoms with Crippen molar-refractivity contribution in [2.75, 3.05) is 13.1 Å². The maximum atomic E-state index is 13.5. The van der Waals surface area contributed by atoms with Crippen molar-refractivity contribution in [3.8, 4) is 5.75 Å². The van der Waals surface area contributed by atoms with Gasteiger partial charge in [0.1, 0.15) is 23.9 Å². The lowest BCUT2D eigenvalue weighted by Gasteiger charge is -2.24. The average molecular weight is 633 g/mol. The van der Waals surface area contributed by atoms with E-state index in [0.29, 0.717) is 37.1 Å². The standard InChI is InChI=1S/C28H40N8O9/c29-10-2-1-3-19(30)25(41)32-14-23(38)34-21(11-16-4-6-18(37)7-5-16)26(42)36-22(12-17-13-31-15-33-17)27(43)35-20(28(44)45)8-9-24(39)40/h4-7,13,15,19-22,37H,1-3,8-12,14,29-30H2,(H,31,33)(H,32,41)(H,34,38)(H,35,43)(H,36,42)(H,39,40)(H,44,45)/t19-,20-,21-,22-/m0/s1. The monoisotopic (exact) mass is 632 g/mol. The quantitative estimate of drug-likeness (QED) is 0.0701. The van der Waals surface area contributed by atoms with Crippen LogP contribution in [0.15, 0.2) is 36.8 Å². The van der Waals surface area contributed by atoms with E-state index in [0.717, 1.165) is 0 Å². The van der Waals surface area contributed by atoms with Crippen LogP contribution in [0.2, 0.25) is 0 Å². The molecule has 0 aliphatic heterocycles. The Bertz CT molecular complexity index is 1290. The highest BCUT2D eigenvalue weighted by Gasteiger charge is 2.30. The third kappa shape index (κ3) is 13.4. The summed E-state index contributed by atoms with van der Waals surface area (Å²) in [6, 6.07) is 0.773. The molecule has 4 amide bonds. The molecule has 0 aliphatic carbocycles. The molecule has 2 aromatic rings. The second-order valence-electron chi connectivity index (χ2n) is 10.3. The number of H-pyrrole nitrogens is 1. The number of phenolic OH excluding ortho intramolecular Hbond substituents is 1. The van der Waals surface area contributed by atoms with Crippen LogP contribution < -0.4 is 32.7 Å². The highest BCUT2D eigenvalue weighted by molar-refractivity contribution is 5.94. The van der Waals surface area contributed by atoms with Gasteiger partial charge in [-0.2, -0.15) is 0 Å². The molecule has 12 N–H and O–H groups in total. The number of nitrogens with two attached hydrogens (primary N) is 2. The number of nitrogens with zero attached hydrogens (tertiary/aromatic N) is 1. The lowest BCUT2D eigenvalue weighted by atomic mass is 10.0. The van der Waals surface area contributed by atoms with Crippen LogP contribution in [0.25, 0.3) is 0 Å². The number of aliphatic carboxylic acids is 2. The molecule has 1 aromatic heterocycles. The van der Waals surface area contributed by atoms with Crippen molar-refractivity contribution in [1.82, 2.24) is 31.2 Å². The normalized spacial score (nSPS) is 13.5. The van der Waals surface area contributed by atoms with Crippen molar-refractivity contribution in [2.45, 2.75) is 69.1 Å². The molecule has 0 radical (unpaired) electrons. The molecule has 0 aliphatic rings. The molecular weight excluding hydrogens is 592 g/mol. The second-order valence-corrected chi connectivity index (χ2v) is 10.3. The predicted octanol–water partition coefficient (Wildman–Crippen LogP) is -2.12. The minimum atomic E-state index is -1.55. The minimum absolute atomic E-state index is 0.0264. The number of aromatic hydroxyl groups is 1. The SMILES string of the molecule is NCCCC[C@H](N)C(=O)NCC(=O)N[C@@H](Cc1ccc(O)cc1)C(=O)N[C@@H](Cc1cnc[nH]1)C(=O)N[C@@H](CCC(=O)O)C(=O)O. The molecule has 0 fully saturated rings. The number of amides is 4. The van der Waals surface area contributed by atoms with E-state index in [-0.39, 0.29) is 18.6 Å². The molecule has 2 rings (SSSR count). The van der Waals surface area contributed by atoms with Gasteiger partial charge in [0, 0.05) is 31.2 Å². The number of carboxylic acids is 2. The predicted molar refractivity (Wildman–Crippen MR) is 158 cm³/mol. The van der Waals surface area contributed by atoms with Gasteiger partial charge in [-0.15, -0.1) is 0 Å². The largest absolute Gasteiger partial charge is 0.508 e. The fraction of sp³-hybridized carbons (Fsp3) is 0.464. The van der Waals surface area contributed by atoms with Gasteiger partial charge in [0.25, 0.3) is 0 Å². The number of hydrogen-bond donors (Lipinski definition) is 10. The van der Waals surface area contributed by atoms with Gasteiger partial charge in [0.05, 0.1) is 18.9 Å². The van der Waals surface area contributed by atoms with Crippen LogP contribution in [0.4, 0.5) is 0 Å². The summed E-state index contributed by atoms with van der Waals surface area (Å²) < 4.78 is 0. The molecule has 45 heavy (non-hydrogen) atoms. The minimum Gasteiger partial charge on any atom is -0.508 e. The van der Waals surface area contributed by atoms with Crippen molar-refractivity contribution in [3.63, 3.8) is 0 Å². The first-order valence-electron chi connectivity index (χ1n) is 14.2. The summed E-state index contributed by atoms with van der Waals surface area (Å²) in [5.74, 6) is -5.77. The van der Waals surface area contributed by atoms with Crippen molar-refractivity contribution >= 4 is 35.6 Å². The van der Waals surface area contributed by atoms with Crippen molar-refractivity contribution in [2.24, 2.45) is 11.5 Å². The molecule has 0 saturated heterocycles. The summed E-state index contributed by atoms with van der Waals surface area (Å²) in [6.45, 7) is -0.0405. The van der Waals surface area contributed by atoms with Crippen LogP contribution in [-0.4, -0.2) is 98.1 Å². The molecular formula is C28H40N8O9. The molecule has 17 nitrogen and oxygen atoms in total. The third-order valence-electron chi connectivity index (χ3n) is 6.63. The van der Waals surface area contributed by atoms with Gasteiger partial charge in [-0.3, -0.25) is 24.0 Å². The molecule has 1 aromatic carbocycles. The van der Waals surface area contributed by atoms with E-state index in [1.165, 1.54) is 36.8 Å². The van der Waals surface area contributed by atoms with Crippen molar-refractivity contribution in [1.29, 1.82) is 0 Å². The van der Waals surface area contributed by atoms with Gasteiger partial charge in [-0.25, -0.2) is 9.78 Å². The Labute approximate surface area is 258 Å². The van der Waals surface area contributed by atoms with E-state index in [9.17, 15) is 39.0 Å². The van der Waals surface area contributed by atoms with Crippen LogP contribution in [0.1, 0.15) is 43.4 Å². The first kappa shape index (κ1) is 36.2. The lowest BCUT2D eigenvalue weighted by Crippen LogP contribution is -2.57. The lowest BCUT2D eigenvalue weighted by molar-refractivity contribution is -0.143. The second kappa shape index (κ2) is 18.6. The number of aromatic nitrogens is 2. The van der Waals surface area contributed by atoms with Gasteiger partial charge in [-0.1, -0.05) is 18.6 Å². The van der Waals surface area contributed by atoms with E-state index < -0.39 is 79.1 Å². The van der Waals surface area contributed by atoms with E-state index in [4.69, 9.17) is 16.6 Å². The Morgan fingerprint density at radius 3 is 2.07 bits per heavy atom. The molecule has 0 saturated carbocycles. The van der Waals surface area contributed by atoms with Crippen LogP contribution in [0.5, 0.6) is 5.75 Å². The number of carboxylic acid groups (broad SMARTS) is 2. The molecule has 0 unspecified atom stereocenters. The summed E-state index contributed by atoms with van der Waals surface area (Å²) >= 11 is 0. The molecule has 246 valence electrons. The number of aromatic amines is 1. The van der Waals surface area contributed by atoms with E-state index in [2.05, 4.69) is 31.2 Å². The number of rotatable bonds is 20. The zero-order valence-electron chi connectivity index (χ0n) is 24.5. The van der Waals surface area contributed by atoms with Crippen LogP contribution in [0, 0.1) is 0 Å². The van der Waals surface area contributed by atoms with Crippen LogP contribution >= 0.6 is 0 Å². The number of hydrogen-bond acceptors (Lipinski definition) is 10. The van der Waals surface area contributed by atoms with Gasteiger partial charge >= 0.3 is 11.9 Å². The number of carbonyl (C=O) groups excluding carboxylic acids is 4. The Hall–Kier alpha value is -5.03. The fourth-order valence-corrected chi connectivity index (χ4v) is 4.16. The number of unbranched alkanes of at least 4 members (excludes halogenated alkanes) is 1. The summed E-state index contributed by atoms with van der Waals surface area (Å²) in [6.07, 6.45) is 3.26. The van der Waals surface area contributed by atoms with Gasteiger partial charge in [-0.05, 0) is 43.5 Å². The fourth-order valence-electron chi connectivity index (χ4n) is 4.16. The Morgan fingerprint density at radius 2 is 1.49 bits per heavy atom. The number of benzene rings is 1. The summed E-state index contributed by atoms with van der Waals surface area (Å²) in [7, 11) is 0. The summed E-state index contributed by atoms with van der Waals surface area (Å²) in [4.78, 5) is 81.1. The summed E-state index contributed by atoms with van der Waals surface area (Å²) in [5.41, 5.74) is 12.3. The maximum Gasteiger partial charge on any atom is 0.326 e. The molecule has 17 heteroatoms. The van der Waals surface area contributed by atoms with Crippen LogP contribution in [0.3, 0.4) is 0 Å². The van der Waals surface area contributed by atoms with E-state index >= 15 is 0 Å². The molecule has 0 spiro atoms. The Balaban J connectivity index is 2.20. The third-order valence-corrected chi connectivity index (χ3v) is 6.63. The number of phenols is 1. The molecule has 1 heterocycles. The van der Waals surface area contributed by atoms with Gasteiger partial charge in [0.15, 0.2) is 0 Å². The van der Waals surface area contributed by atoms with Crippen molar-refractivity contribution < 1.29 is 44.1 Å². The van der Waals surface area contributed by atoms with Gasteiger partial charge < -0.3 is 53.0 Å². The molecule has 0 bridgehead atoms.